The minimum atomic E-state index is -1.09. The number of ether oxygens (including phenoxy) is 3. The molecule has 1 aromatic carbocycles. The molecule has 0 fully saturated rings. The number of benzene rings is 1. The Morgan fingerprint density at radius 2 is 1.79 bits per heavy atom. The molecule has 3 nitrogen and oxygen atoms in total. The standard InChI is InChI=1S/C9H10F2O3/c1-12-7-4-3-6(14-5-10)8(11)9(7)13-2/h3-4H,5H2,1-2H3. The summed E-state index contributed by atoms with van der Waals surface area (Å²) < 4.78 is 39.2. The fourth-order valence-corrected chi connectivity index (χ4v) is 1.04. The Balaban J connectivity index is 3.13. The van der Waals surface area contributed by atoms with Gasteiger partial charge in [-0.05, 0) is 12.1 Å². The van der Waals surface area contributed by atoms with Gasteiger partial charge in [0, 0.05) is 0 Å². The van der Waals surface area contributed by atoms with Gasteiger partial charge in [-0.15, -0.1) is 0 Å². The molecule has 0 saturated carbocycles. The van der Waals surface area contributed by atoms with Crippen molar-refractivity contribution in [3.8, 4) is 17.2 Å². The van der Waals surface area contributed by atoms with Crippen molar-refractivity contribution in [2.24, 2.45) is 0 Å². The molecular formula is C9H10F2O3. The van der Waals surface area contributed by atoms with E-state index >= 15 is 0 Å². The molecule has 14 heavy (non-hydrogen) atoms. The SMILES string of the molecule is COc1ccc(OCF)c(F)c1OC. The molecule has 0 amide bonds. The Kier molecular flexibility index (Phi) is 3.50. The largest absolute Gasteiger partial charge is 0.493 e. The van der Waals surface area contributed by atoms with Crippen LogP contribution >= 0.6 is 0 Å². The van der Waals surface area contributed by atoms with E-state index in [0.717, 1.165) is 0 Å². The van der Waals surface area contributed by atoms with E-state index in [-0.39, 0.29) is 17.2 Å². The van der Waals surface area contributed by atoms with Gasteiger partial charge in [0.25, 0.3) is 0 Å². The second kappa shape index (κ2) is 4.64. The molecule has 1 rings (SSSR count). The van der Waals surface area contributed by atoms with E-state index in [2.05, 4.69) is 4.74 Å². The molecule has 1 aromatic rings. The second-order valence-electron chi connectivity index (χ2n) is 2.37. The lowest BCUT2D eigenvalue weighted by molar-refractivity contribution is 0.182. The molecule has 0 atom stereocenters. The van der Waals surface area contributed by atoms with Crippen molar-refractivity contribution in [3.63, 3.8) is 0 Å². The lowest BCUT2D eigenvalue weighted by atomic mass is 10.3. The molecule has 0 spiro atoms. The minimum absolute atomic E-state index is 0.0987. The highest BCUT2D eigenvalue weighted by molar-refractivity contribution is 5.47. The molecular weight excluding hydrogens is 194 g/mol. The molecule has 0 aliphatic heterocycles. The van der Waals surface area contributed by atoms with Gasteiger partial charge in [0.05, 0.1) is 14.2 Å². The first-order valence-electron chi connectivity index (χ1n) is 3.83. The van der Waals surface area contributed by atoms with Crippen molar-refractivity contribution in [2.75, 3.05) is 21.1 Å². The number of hydrogen-bond acceptors (Lipinski definition) is 3. The zero-order valence-electron chi connectivity index (χ0n) is 7.84. The highest BCUT2D eigenvalue weighted by Gasteiger charge is 2.15. The summed E-state index contributed by atoms with van der Waals surface area (Å²) in [7, 11) is 2.67. The van der Waals surface area contributed by atoms with Crippen molar-refractivity contribution in [1.29, 1.82) is 0 Å². The maximum Gasteiger partial charge on any atom is 0.228 e. The lowest BCUT2D eigenvalue weighted by Crippen LogP contribution is -1.98. The normalized spacial score (nSPS) is 9.71. The van der Waals surface area contributed by atoms with Crippen LogP contribution in [0.5, 0.6) is 17.2 Å². The predicted octanol–water partition coefficient (Wildman–Crippen LogP) is 2.15. The zero-order valence-corrected chi connectivity index (χ0v) is 7.84. The molecule has 0 radical (unpaired) electrons. The summed E-state index contributed by atoms with van der Waals surface area (Å²) >= 11 is 0. The first-order chi connectivity index (χ1) is 6.74. The zero-order chi connectivity index (χ0) is 10.6. The fraction of sp³-hybridized carbons (Fsp3) is 0.333. The number of methoxy groups -OCH3 is 2. The van der Waals surface area contributed by atoms with E-state index in [4.69, 9.17) is 9.47 Å². The molecule has 0 aliphatic carbocycles. The van der Waals surface area contributed by atoms with Gasteiger partial charge in [0.2, 0.25) is 18.4 Å². The average molecular weight is 204 g/mol. The Hall–Kier alpha value is -1.52. The molecule has 0 saturated heterocycles. The molecule has 0 N–H and O–H groups in total. The molecule has 0 unspecified atom stereocenters. The summed E-state index contributed by atoms with van der Waals surface area (Å²) in [5, 5.41) is 0. The first kappa shape index (κ1) is 10.6. The van der Waals surface area contributed by atoms with Crippen LogP contribution in [0.4, 0.5) is 8.78 Å². The lowest BCUT2D eigenvalue weighted by Gasteiger charge is -2.10. The monoisotopic (exact) mass is 204 g/mol. The van der Waals surface area contributed by atoms with Gasteiger partial charge in [-0.25, -0.2) is 4.39 Å². The highest BCUT2D eigenvalue weighted by atomic mass is 19.1. The van der Waals surface area contributed by atoms with Crippen molar-refractivity contribution < 1.29 is 23.0 Å². The maximum absolute atomic E-state index is 13.4. The van der Waals surface area contributed by atoms with Gasteiger partial charge in [0.1, 0.15) is 0 Å². The van der Waals surface area contributed by atoms with Crippen LogP contribution in [0, 0.1) is 5.82 Å². The van der Waals surface area contributed by atoms with E-state index < -0.39 is 12.7 Å². The summed E-state index contributed by atoms with van der Waals surface area (Å²) in [6.45, 7) is -1.09. The van der Waals surface area contributed by atoms with Crippen LogP contribution in [0.15, 0.2) is 12.1 Å². The number of alkyl halides is 1. The third-order valence-corrected chi connectivity index (χ3v) is 1.66. The maximum atomic E-state index is 13.4. The van der Waals surface area contributed by atoms with Crippen LogP contribution in [0.2, 0.25) is 0 Å². The van der Waals surface area contributed by atoms with E-state index in [9.17, 15) is 8.78 Å². The molecule has 0 aromatic heterocycles. The van der Waals surface area contributed by atoms with Crippen LogP contribution in [-0.2, 0) is 0 Å². The Morgan fingerprint density at radius 3 is 2.29 bits per heavy atom. The molecule has 0 aliphatic rings. The average Bonchev–Trinajstić information content (AvgIpc) is 2.21. The summed E-state index contributed by atoms with van der Waals surface area (Å²) in [5.74, 6) is -0.843. The third kappa shape index (κ3) is 1.86. The van der Waals surface area contributed by atoms with Crippen LogP contribution in [0.1, 0.15) is 0 Å². The Morgan fingerprint density at radius 1 is 1.14 bits per heavy atom. The number of halogens is 2. The van der Waals surface area contributed by atoms with E-state index in [0.29, 0.717) is 0 Å². The quantitative estimate of drug-likeness (QED) is 0.752. The van der Waals surface area contributed by atoms with Crippen molar-refractivity contribution in [1.82, 2.24) is 0 Å². The predicted molar refractivity (Wildman–Crippen MR) is 46.1 cm³/mol. The second-order valence-corrected chi connectivity index (χ2v) is 2.37. The van der Waals surface area contributed by atoms with Crippen LogP contribution in [-0.4, -0.2) is 21.1 Å². The fourth-order valence-electron chi connectivity index (χ4n) is 1.04. The molecule has 0 bridgehead atoms. The molecule has 0 heterocycles. The topological polar surface area (TPSA) is 27.7 Å². The van der Waals surface area contributed by atoms with Gasteiger partial charge in [-0.2, -0.15) is 4.39 Å². The third-order valence-electron chi connectivity index (χ3n) is 1.66. The van der Waals surface area contributed by atoms with Gasteiger partial charge in [0.15, 0.2) is 11.5 Å². The van der Waals surface area contributed by atoms with E-state index in [1.165, 1.54) is 26.4 Å². The number of rotatable bonds is 4. The Bertz CT molecular complexity index is 315. The minimum Gasteiger partial charge on any atom is -0.493 e. The smallest absolute Gasteiger partial charge is 0.228 e. The molecule has 5 heteroatoms. The van der Waals surface area contributed by atoms with Crippen molar-refractivity contribution in [2.45, 2.75) is 0 Å². The van der Waals surface area contributed by atoms with Gasteiger partial charge >= 0.3 is 0 Å². The first-order valence-corrected chi connectivity index (χ1v) is 3.83. The summed E-state index contributed by atoms with van der Waals surface area (Å²) in [4.78, 5) is 0. The highest BCUT2D eigenvalue weighted by Crippen LogP contribution is 2.35. The number of hydrogen-bond donors (Lipinski definition) is 0. The van der Waals surface area contributed by atoms with Crippen molar-refractivity contribution >= 4 is 0 Å². The van der Waals surface area contributed by atoms with Crippen LogP contribution < -0.4 is 14.2 Å². The van der Waals surface area contributed by atoms with E-state index in [1.807, 2.05) is 0 Å². The van der Waals surface area contributed by atoms with Crippen molar-refractivity contribution in [3.05, 3.63) is 17.9 Å². The van der Waals surface area contributed by atoms with E-state index in [1.54, 1.807) is 0 Å². The van der Waals surface area contributed by atoms with Gasteiger partial charge in [-0.1, -0.05) is 0 Å². The summed E-state index contributed by atoms with van der Waals surface area (Å²) in [6, 6.07) is 2.71. The summed E-state index contributed by atoms with van der Waals surface area (Å²) in [5.41, 5.74) is 0. The Labute approximate surface area is 80.2 Å². The molecule has 78 valence electrons. The van der Waals surface area contributed by atoms with Gasteiger partial charge < -0.3 is 14.2 Å². The van der Waals surface area contributed by atoms with Gasteiger partial charge in [-0.3, -0.25) is 0 Å². The summed E-state index contributed by atoms with van der Waals surface area (Å²) in [6.07, 6.45) is 0. The van der Waals surface area contributed by atoms with Crippen LogP contribution in [0.3, 0.4) is 0 Å². The van der Waals surface area contributed by atoms with Crippen LogP contribution in [0.25, 0.3) is 0 Å².